The van der Waals surface area contributed by atoms with E-state index >= 15 is 0 Å². The zero-order valence-electron chi connectivity index (χ0n) is 11.9. The topological polar surface area (TPSA) is 80.6 Å². The Kier molecular flexibility index (Phi) is 3.85. The smallest absolute Gasteiger partial charge is 0.412 e. The normalized spacial score (nSPS) is 22.0. The Labute approximate surface area is 117 Å². The minimum absolute atomic E-state index is 0.154. The van der Waals surface area contributed by atoms with Crippen LogP contribution in [-0.4, -0.2) is 27.5 Å². The van der Waals surface area contributed by atoms with Crippen molar-refractivity contribution in [3.8, 4) is 0 Å². The van der Waals surface area contributed by atoms with Crippen molar-refractivity contribution in [2.75, 3.05) is 5.32 Å². The van der Waals surface area contributed by atoms with Gasteiger partial charge in [0.05, 0.1) is 12.1 Å². The van der Waals surface area contributed by atoms with Gasteiger partial charge in [-0.05, 0) is 45.7 Å². The Hall–Kier alpha value is -1.82. The lowest BCUT2D eigenvalue weighted by molar-refractivity contribution is 0.0300. The lowest BCUT2D eigenvalue weighted by atomic mass is 9.89. The van der Waals surface area contributed by atoms with Crippen LogP contribution in [0.25, 0.3) is 0 Å². The molecule has 2 rings (SSSR count). The molecule has 2 atom stereocenters. The van der Waals surface area contributed by atoms with Crippen LogP contribution >= 0.6 is 0 Å². The van der Waals surface area contributed by atoms with Crippen LogP contribution in [0, 0.1) is 0 Å². The fourth-order valence-corrected chi connectivity index (χ4v) is 2.07. The maximum absolute atomic E-state index is 12.2. The van der Waals surface area contributed by atoms with Gasteiger partial charge in [-0.15, -0.1) is 0 Å². The van der Waals surface area contributed by atoms with E-state index in [1.807, 2.05) is 0 Å². The SMILES string of the molecule is CC(C)(C)OC(=O)Nc1cccn(C2CC[C@@H]2O)c1=O. The number of aliphatic hydroxyl groups excluding tert-OH is 1. The largest absolute Gasteiger partial charge is 0.444 e. The summed E-state index contributed by atoms with van der Waals surface area (Å²) >= 11 is 0. The highest BCUT2D eigenvalue weighted by atomic mass is 16.6. The van der Waals surface area contributed by atoms with Crippen molar-refractivity contribution in [3.63, 3.8) is 0 Å². The first-order chi connectivity index (χ1) is 9.28. The number of carbonyl (C=O) groups is 1. The molecule has 0 saturated heterocycles. The number of amides is 1. The van der Waals surface area contributed by atoms with Gasteiger partial charge in [-0.3, -0.25) is 10.1 Å². The fraction of sp³-hybridized carbons (Fsp3) is 0.571. The summed E-state index contributed by atoms with van der Waals surface area (Å²) in [5.74, 6) is 0. The van der Waals surface area contributed by atoms with Crippen LogP contribution in [0.5, 0.6) is 0 Å². The van der Waals surface area contributed by atoms with E-state index in [4.69, 9.17) is 4.74 Å². The average Bonchev–Trinajstić information content (AvgIpc) is 2.30. The number of rotatable bonds is 2. The number of nitrogens with one attached hydrogen (secondary N) is 1. The summed E-state index contributed by atoms with van der Waals surface area (Å²) in [4.78, 5) is 23.9. The maximum Gasteiger partial charge on any atom is 0.412 e. The molecule has 0 radical (unpaired) electrons. The van der Waals surface area contributed by atoms with Gasteiger partial charge < -0.3 is 14.4 Å². The third kappa shape index (κ3) is 3.19. The number of aromatic nitrogens is 1. The first kappa shape index (κ1) is 14.6. The molecule has 1 aliphatic carbocycles. The van der Waals surface area contributed by atoms with Crippen molar-refractivity contribution < 1.29 is 14.6 Å². The first-order valence-corrected chi connectivity index (χ1v) is 6.67. The molecular formula is C14H20N2O4. The van der Waals surface area contributed by atoms with Gasteiger partial charge in [0.15, 0.2) is 0 Å². The van der Waals surface area contributed by atoms with Crippen molar-refractivity contribution in [1.29, 1.82) is 0 Å². The molecule has 0 aromatic carbocycles. The molecule has 6 nitrogen and oxygen atoms in total. The Bertz CT molecular complexity index is 559. The summed E-state index contributed by atoms with van der Waals surface area (Å²) in [6, 6.07) is 2.98. The minimum Gasteiger partial charge on any atom is -0.444 e. The molecule has 20 heavy (non-hydrogen) atoms. The van der Waals surface area contributed by atoms with Crippen LogP contribution in [0.15, 0.2) is 23.1 Å². The molecule has 0 aliphatic heterocycles. The Balaban J connectivity index is 2.15. The van der Waals surface area contributed by atoms with Gasteiger partial charge in [-0.2, -0.15) is 0 Å². The zero-order chi connectivity index (χ0) is 14.9. The van der Waals surface area contributed by atoms with Gasteiger partial charge in [-0.1, -0.05) is 0 Å². The van der Waals surface area contributed by atoms with Crippen molar-refractivity contribution in [2.45, 2.75) is 51.4 Å². The summed E-state index contributed by atoms with van der Waals surface area (Å²) in [5.41, 5.74) is -0.801. The summed E-state index contributed by atoms with van der Waals surface area (Å²) in [6.45, 7) is 5.25. The van der Waals surface area contributed by atoms with E-state index in [0.29, 0.717) is 6.42 Å². The third-order valence-corrected chi connectivity index (χ3v) is 3.17. The summed E-state index contributed by atoms with van der Waals surface area (Å²) in [6.07, 6.45) is 1.92. The van der Waals surface area contributed by atoms with Crippen LogP contribution in [0.3, 0.4) is 0 Å². The molecule has 1 fully saturated rings. The summed E-state index contributed by atoms with van der Waals surface area (Å²) < 4.78 is 6.57. The maximum atomic E-state index is 12.2. The van der Waals surface area contributed by atoms with Gasteiger partial charge in [0.2, 0.25) is 0 Å². The van der Waals surface area contributed by atoms with Crippen LogP contribution in [0.2, 0.25) is 0 Å². The molecule has 6 heteroatoms. The average molecular weight is 280 g/mol. The standard InChI is InChI=1S/C14H20N2O4/c1-14(2,3)20-13(19)15-9-5-4-8-16(12(9)18)10-6-7-11(10)17/h4-5,8,10-11,17H,6-7H2,1-3H3,(H,15,19)/t10?,11-/m0/s1. The van der Waals surface area contributed by atoms with Gasteiger partial charge in [-0.25, -0.2) is 4.79 Å². The molecule has 1 amide bonds. The van der Waals surface area contributed by atoms with Crippen molar-refractivity contribution in [2.24, 2.45) is 0 Å². The van der Waals surface area contributed by atoms with E-state index in [1.54, 1.807) is 33.0 Å². The molecule has 1 unspecified atom stereocenters. The second-order valence-corrected chi connectivity index (χ2v) is 5.97. The highest BCUT2D eigenvalue weighted by Gasteiger charge is 2.31. The molecule has 110 valence electrons. The molecule has 2 N–H and O–H groups in total. The van der Waals surface area contributed by atoms with Gasteiger partial charge in [0.25, 0.3) is 5.56 Å². The van der Waals surface area contributed by atoms with E-state index in [2.05, 4.69) is 5.32 Å². The fourth-order valence-electron chi connectivity index (χ4n) is 2.07. The second kappa shape index (κ2) is 5.28. The number of hydrogen-bond acceptors (Lipinski definition) is 4. The lowest BCUT2D eigenvalue weighted by Gasteiger charge is -2.34. The van der Waals surface area contributed by atoms with Gasteiger partial charge in [0, 0.05) is 6.20 Å². The minimum atomic E-state index is -0.665. The Morgan fingerprint density at radius 3 is 2.65 bits per heavy atom. The van der Waals surface area contributed by atoms with Gasteiger partial charge >= 0.3 is 6.09 Å². The predicted octanol–water partition coefficient (Wildman–Crippen LogP) is 1.89. The van der Waals surface area contributed by atoms with Crippen LogP contribution in [0.4, 0.5) is 10.5 Å². The van der Waals surface area contributed by atoms with Crippen LogP contribution in [0.1, 0.15) is 39.7 Å². The van der Waals surface area contributed by atoms with E-state index in [0.717, 1.165) is 6.42 Å². The molecule has 1 aromatic heterocycles. The van der Waals surface area contributed by atoms with Crippen LogP contribution in [-0.2, 0) is 4.74 Å². The van der Waals surface area contributed by atoms with E-state index in [1.165, 1.54) is 10.6 Å². The molecule has 1 heterocycles. The molecule has 0 bridgehead atoms. The molecule has 1 saturated carbocycles. The lowest BCUT2D eigenvalue weighted by Crippen LogP contribution is -2.40. The number of hydrogen-bond donors (Lipinski definition) is 2. The summed E-state index contributed by atoms with van der Waals surface area (Å²) in [5, 5.41) is 12.1. The first-order valence-electron chi connectivity index (χ1n) is 6.67. The number of aliphatic hydroxyl groups is 1. The highest BCUT2D eigenvalue weighted by Crippen LogP contribution is 2.31. The number of nitrogens with zero attached hydrogens (tertiary/aromatic N) is 1. The molecule has 0 spiro atoms. The monoisotopic (exact) mass is 280 g/mol. The third-order valence-electron chi connectivity index (χ3n) is 3.17. The Morgan fingerprint density at radius 2 is 2.15 bits per heavy atom. The molecular weight excluding hydrogens is 260 g/mol. The van der Waals surface area contributed by atoms with Gasteiger partial charge in [0.1, 0.15) is 11.3 Å². The second-order valence-electron chi connectivity index (χ2n) is 5.97. The summed E-state index contributed by atoms with van der Waals surface area (Å²) in [7, 11) is 0. The molecule has 1 aromatic rings. The predicted molar refractivity (Wildman–Crippen MR) is 74.8 cm³/mol. The number of pyridine rings is 1. The number of anilines is 1. The number of carbonyl (C=O) groups excluding carboxylic acids is 1. The van der Waals surface area contributed by atoms with Crippen molar-refractivity contribution >= 4 is 11.8 Å². The van der Waals surface area contributed by atoms with Crippen LogP contribution < -0.4 is 10.9 Å². The quantitative estimate of drug-likeness (QED) is 0.867. The number of ether oxygens (including phenoxy) is 1. The highest BCUT2D eigenvalue weighted by molar-refractivity contribution is 5.84. The molecule has 1 aliphatic rings. The Morgan fingerprint density at radius 1 is 1.45 bits per heavy atom. The zero-order valence-corrected chi connectivity index (χ0v) is 11.9. The van der Waals surface area contributed by atoms with Crippen molar-refractivity contribution in [3.05, 3.63) is 28.7 Å². The van der Waals surface area contributed by atoms with E-state index in [-0.39, 0.29) is 17.3 Å². The van der Waals surface area contributed by atoms with Crippen molar-refractivity contribution in [1.82, 2.24) is 4.57 Å². The van der Waals surface area contributed by atoms with E-state index < -0.39 is 17.8 Å². The van der Waals surface area contributed by atoms with E-state index in [9.17, 15) is 14.7 Å².